The lowest BCUT2D eigenvalue weighted by Gasteiger charge is -2.19. The maximum Gasteiger partial charge on any atom is 0.235 e. The van der Waals surface area contributed by atoms with Gasteiger partial charge in [-0.2, -0.15) is 0 Å². The van der Waals surface area contributed by atoms with Crippen LogP contribution < -0.4 is 5.32 Å². The molecule has 0 saturated carbocycles. The van der Waals surface area contributed by atoms with Gasteiger partial charge in [0, 0.05) is 16.7 Å². The Labute approximate surface area is 98.9 Å². The molecule has 0 saturated heterocycles. The van der Waals surface area contributed by atoms with Gasteiger partial charge >= 0.3 is 0 Å². The fraction of sp³-hybridized carbons (Fsp3) is 0.875. The maximum atomic E-state index is 11.2. The number of hydrogen-bond acceptors (Lipinski definition) is 3. The van der Waals surface area contributed by atoms with Crippen molar-refractivity contribution in [1.29, 1.82) is 0 Å². The second kappa shape index (κ2) is 5.89. The van der Waals surface area contributed by atoms with E-state index < -0.39 is 21.5 Å². The van der Waals surface area contributed by atoms with Crippen molar-refractivity contribution in [2.75, 3.05) is 16.4 Å². The van der Waals surface area contributed by atoms with Gasteiger partial charge < -0.3 is 5.32 Å². The van der Waals surface area contributed by atoms with Gasteiger partial charge in [0.2, 0.25) is 5.91 Å². The van der Waals surface area contributed by atoms with E-state index in [4.69, 9.17) is 0 Å². The highest BCUT2D eigenvalue weighted by molar-refractivity contribution is 14.1. The van der Waals surface area contributed by atoms with Crippen LogP contribution in [0.25, 0.3) is 0 Å². The molecule has 0 aliphatic carbocycles. The van der Waals surface area contributed by atoms with Gasteiger partial charge in [0.05, 0.1) is 0 Å². The molecule has 0 aromatic carbocycles. The summed E-state index contributed by atoms with van der Waals surface area (Å²) in [5.41, 5.74) is 0. The van der Waals surface area contributed by atoms with Gasteiger partial charge in [-0.25, -0.2) is 8.42 Å². The van der Waals surface area contributed by atoms with Crippen LogP contribution in [0.1, 0.15) is 13.8 Å². The monoisotopic (exact) mass is 333 g/mol. The molecule has 0 radical (unpaired) electrons. The van der Waals surface area contributed by atoms with Crippen LogP contribution in [-0.4, -0.2) is 36.8 Å². The molecular formula is C8H16INO3S. The van der Waals surface area contributed by atoms with E-state index in [2.05, 4.69) is 27.9 Å². The summed E-state index contributed by atoms with van der Waals surface area (Å²) in [6.45, 7) is 3.98. The first kappa shape index (κ1) is 14.2. The number of amides is 1. The van der Waals surface area contributed by atoms with Crippen molar-refractivity contribution in [2.45, 2.75) is 19.9 Å². The molecule has 0 aliphatic heterocycles. The molecule has 1 N–H and O–H groups in total. The van der Waals surface area contributed by atoms with Crippen molar-refractivity contribution in [3.8, 4) is 0 Å². The first-order valence-electron chi connectivity index (χ1n) is 4.29. The zero-order chi connectivity index (χ0) is 11.4. The minimum absolute atomic E-state index is 0.0462. The predicted molar refractivity (Wildman–Crippen MR) is 65.4 cm³/mol. The third kappa shape index (κ3) is 6.58. The van der Waals surface area contributed by atoms with Gasteiger partial charge in [-0.05, 0) is 5.92 Å². The Morgan fingerprint density at radius 1 is 1.43 bits per heavy atom. The average molecular weight is 333 g/mol. The SMILES string of the molecule is CC(C)C(CI)NC(=O)CS(C)(=O)=O. The van der Waals surface area contributed by atoms with E-state index >= 15 is 0 Å². The lowest BCUT2D eigenvalue weighted by atomic mass is 10.1. The van der Waals surface area contributed by atoms with Crippen LogP contribution in [-0.2, 0) is 14.6 Å². The molecule has 4 nitrogen and oxygen atoms in total. The lowest BCUT2D eigenvalue weighted by Crippen LogP contribution is -2.42. The Hall–Kier alpha value is 0.150. The van der Waals surface area contributed by atoms with Crippen LogP contribution >= 0.6 is 22.6 Å². The quantitative estimate of drug-likeness (QED) is 0.592. The van der Waals surface area contributed by atoms with E-state index in [1.54, 1.807) is 0 Å². The molecule has 0 fully saturated rings. The van der Waals surface area contributed by atoms with Crippen molar-refractivity contribution in [3.05, 3.63) is 0 Å². The van der Waals surface area contributed by atoms with Crippen molar-refractivity contribution < 1.29 is 13.2 Å². The van der Waals surface area contributed by atoms with Crippen molar-refractivity contribution in [2.24, 2.45) is 5.92 Å². The van der Waals surface area contributed by atoms with Crippen LogP contribution in [0.4, 0.5) is 0 Å². The van der Waals surface area contributed by atoms with E-state index in [-0.39, 0.29) is 6.04 Å². The third-order valence-corrected chi connectivity index (χ3v) is 3.45. The number of hydrogen-bond donors (Lipinski definition) is 1. The van der Waals surface area contributed by atoms with E-state index in [0.717, 1.165) is 10.7 Å². The molecular weight excluding hydrogens is 317 g/mol. The van der Waals surface area contributed by atoms with Gasteiger partial charge in [0.25, 0.3) is 0 Å². The summed E-state index contributed by atoms with van der Waals surface area (Å²) in [5, 5.41) is 2.70. The standard InChI is InChI=1S/C8H16INO3S/c1-6(2)7(4-9)10-8(11)5-14(3,12)13/h6-7H,4-5H2,1-3H3,(H,10,11). The van der Waals surface area contributed by atoms with Crippen molar-refractivity contribution in [3.63, 3.8) is 0 Å². The van der Waals surface area contributed by atoms with Gasteiger partial charge in [-0.1, -0.05) is 36.4 Å². The summed E-state index contributed by atoms with van der Waals surface area (Å²) in [6, 6.07) is 0.0462. The number of rotatable bonds is 5. The van der Waals surface area contributed by atoms with Gasteiger partial charge in [-0.15, -0.1) is 0 Å². The summed E-state index contributed by atoms with van der Waals surface area (Å²) < 4.78 is 22.4. The second-order valence-corrected chi connectivity index (χ2v) is 6.66. The van der Waals surface area contributed by atoms with Crippen LogP contribution in [0.3, 0.4) is 0 Å². The molecule has 6 heteroatoms. The van der Waals surface area contributed by atoms with Gasteiger partial charge in [0.15, 0.2) is 9.84 Å². The number of halogens is 1. The predicted octanol–water partition coefficient (Wildman–Crippen LogP) is 0.607. The number of sulfone groups is 1. The summed E-state index contributed by atoms with van der Waals surface area (Å²) in [6.07, 6.45) is 1.06. The number of nitrogens with one attached hydrogen (secondary N) is 1. The topological polar surface area (TPSA) is 63.2 Å². The van der Waals surface area contributed by atoms with E-state index in [0.29, 0.717) is 5.92 Å². The minimum Gasteiger partial charge on any atom is -0.351 e. The number of carbonyl (C=O) groups is 1. The molecule has 84 valence electrons. The Morgan fingerprint density at radius 3 is 2.21 bits per heavy atom. The Bertz CT molecular complexity index is 287. The number of alkyl halides is 1. The maximum absolute atomic E-state index is 11.2. The fourth-order valence-electron chi connectivity index (χ4n) is 0.870. The van der Waals surface area contributed by atoms with Gasteiger partial charge in [-0.3, -0.25) is 4.79 Å². The molecule has 0 aromatic rings. The molecule has 0 aromatic heterocycles. The summed E-state index contributed by atoms with van der Waals surface area (Å²) in [4.78, 5) is 11.2. The highest BCUT2D eigenvalue weighted by Gasteiger charge is 2.17. The van der Waals surface area contributed by atoms with Gasteiger partial charge in [0.1, 0.15) is 5.75 Å². The summed E-state index contributed by atoms with van der Waals surface area (Å²) in [7, 11) is -3.22. The van der Waals surface area contributed by atoms with E-state index in [1.165, 1.54) is 0 Å². The highest BCUT2D eigenvalue weighted by atomic mass is 127. The van der Waals surface area contributed by atoms with Crippen molar-refractivity contribution >= 4 is 38.3 Å². The molecule has 1 unspecified atom stereocenters. The number of carbonyl (C=O) groups excluding carboxylic acids is 1. The fourth-order valence-corrected chi connectivity index (χ4v) is 2.67. The highest BCUT2D eigenvalue weighted by Crippen LogP contribution is 2.04. The van der Waals surface area contributed by atoms with Crippen LogP contribution in [0.2, 0.25) is 0 Å². The Morgan fingerprint density at radius 2 is 1.93 bits per heavy atom. The second-order valence-electron chi connectivity index (χ2n) is 3.64. The summed E-state index contributed by atoms with van der Waals surface area (Å²) in [5.74, 6) is -0.523. The first-order valence-corrected chi connectivity index (χ1v) is 7.88. The lowest BCUT2D eigenvalue weighted by molar-refractivity contribution is -0.119. The normalized spacial score (nSPS) is 14.1. The third-order valence-electron chi connectivity index (χ3n) is 1.71. The molecule has 0 aliphatic rings. The molecule has 1 amide bonds. The molecule has 0 spiro atoms. The average Bonchev–Trinajstić information content (AvgIpc) is 1.96. The van der Waals surface area contributed by atoms with E-state index in [1.807, 2.05) is 13.8 Å². The van der Waals surface area contributed by atoms with E-state index in [9.17, 15) is 13.2 Å². The van der Waals surface area contributed by atoms with Crippen molar-refractivity contribution in [1.82, 2.24) is 5.32 Å². The first-order chi connectivity index (χ1) is 6.26. The Balaban J connectivity index is 4.18. The van der Waals surface area contributed by atoms with Crippen LogP contribution in [0, 0.1) is 5.92 Å². The molecule has 0 bridgehead atoms. The molecule has 14 heavy (non-hydrogen) atoms. The minimum atomic E-state index is -3.22. The zero-order valence-electron chi connectivity index (χ0n) is 8.58. The van der Waals surface area contributed by atoms with Crippen LogP contribution in [0.15, 0.2) is 0 Å². The summed E-state index contributed by atoms with van der Waals surface area (Å²) >= 11 is 2.17. The molecule has 1 atom stereocenters. The Kier molecular flexibility index (Phi) is 5.96. The zero-order valence-corrected chi connectivity index (χ0v) is 11.6. The molecule has 0 heterocycles. The largest absolute Gasteiger partial charge is 0.351 e. The van der Waals surface area contributed by atoms with Crippen LogP contribution in [0.5, 0.6) is 0 Å². The molecule has 0 rings (SSSR count). The smallest absolute Gasteiger partial charge is 0.235 e.